The summed E-state index contributed by atoms with van der Waals surface area (Å²) < 4.78 is 34.3. The molecule has 0 aliphatic rings. The highest BCUT2D eigenvalue weighted by Crippen LogP contribution is 2.14. The van der Waals surface area contributed by atoms with Crippen molar-refractivity contribution in [2.45, 2.75) is 31.7 Å². The Morgan fingerprint density at radius 2 is 1.76 bits per heavy atom. The van der Waals surface area contributed by atoms with Crippen LogP contribution in [-0.4, -0.2) is 30.7 Å². The maximum atomic E-state index is 12.5. The van der Waals surface area contributed by atoms with Crippen LogP contribution in [0.2, 0.25) is 0 Å². The predicted octanol–water partition coefficient (Wildman–Crippen LogP) is 3.53. The zero-order valence-electron chi connectivity index (χ0n) is 19.0. The van der Waals surface area contributed by atoms with E-state index in [4.69, 9.17) is 4.42 Å². The van der Waals surface area contributed by atoms with Gasteiger partial charge in [-0.3, -0.25) is 4.79 Å². The van der Waals surface area contributed by atoms with Gasteiger partial charge in [0.15, 0.2) is 0 Å². The number of hydrogen-bond acceptors (Lipinski definition) is 5. The number of aryl methyl sites for hydroxylation is 2. The number of furan rings is 1. The topological polar surface area (TPSA) is 106 Å². The van der Waals surface area contributed by atoms with Crippen molar-refractivity contribution in [1.82, 2.24) is 19.8 Å². The number of hydrogen-bond donors (Lipinski definition) is 2. The highest BCUT2D eigenvalue weighted by molar-refractivity contribution is 7.89. The van der Waals surface area contributed by atoms with Gasteiger partial charge in [0.25, 0.3) is 5.91 Å². The van der Waals surface area contributed by atoms with Crippen LogP contribution in [0.1, 0.15) is 33.1 Å². The van der Waals surface area contributed by atoms with Crippen LogP contribution in [0, 0.1) is 13.8 Å². The molecule has 2 aromatic carbocycles. The largest absolute Gasteiger partial charge is 0.468 e. The van der Waals surface area contributed by atoms with Gasteiger partial charge in [-0.1, -0.05) is 12.1 Å². The number of nitrogens with zero attached hydrogens (tertiary/aromatic N) is 2. The second kappa shape index (κ2) is 10.1. The van der Waals surface area contributed by atoms with Gasteiger partial charge < -0.3 is 9.73 Å². The van der Waals surface area contributed by atoms with Crippen LogP contribution >= 0.6 is 0 Å². The summed E-state index contributed by atoms with van der Waals surface area (Å²) in [6.45, 7) is 4.50. The van der Waals surface area contributed by atoms with Crippen molar-refractivity contribution in [2.75, 3.05) is 6.54 Å². The lowest BCUT2D eigenvalue weighted by Crippen LogP contribution is -2.26. The smallest absolute Gasteiger partial charge is 0.251 e. The summed E-state index contributed by atoms with van der Waals surface area (Å²) in [6, 6.07) is 19.3. The van der Waals surface area contributed by atoms with E-state index >= 15 is 0 Å². The first-order valence-electron chi connectivity index (χ1n) is 10.8. The van der Waals surface area contributed by atoms with E-state index in [2.05, 4.69) is 15.1 Å². The third kappa shape index (κ3) is 5.62. The molecule has 0 aliphatic heterocycles. The summed E-state index contributed by atoms with van der Waals surface area (Å²) in [5.74, 6) is 0.257. The molecule has 4 aromatic rings. The zero-order chi connectivity index (χ0) is 24.1. The van der Waals surface area contributed by atoms with E-state index < -0.39 is 10.0 Å². The first-order chi connectivity index (χ1) is 16.3. The van der Waals surface area contributed by atoms with Crippen molar-refractivity contribution in [3.05, 3.63) is 101 Å². The quantitative estimate of drug-likeness (QED) is 0.383. The Hall–Kier alpha value is -3.69. The van der Waals surface area contributed by atoms with Gasteiger partial charge in [-0.05, 0) is 80.4 Å². The maximum absolute atomic E-state index is 12.5. The molecule has 0 saturated heterocycles. The molecule has 34 heavy (non-hydrogen) atoms. The molecule has 0 spiro atoms. The van der Waals surface area contributed by atoms with Crippen molar-refractivity contribution >= 4 is 15.9 Å². The molecule has 2 N–H and O–H groups in total. The van der Waals surface area contributed by atoms with Crippen LogP contribution in [0.5, 0.6) is 0 Å². The van der Waals surface area contributed by atoms with Crippen molar-refractivity contribution < 1.29 is 17.6 Å². The Morgan fingerprint density at radius 3 is 2.38 bits per heavy atom. The fourth-order valence-corrected chi connectivity index (χ4v) is 4.56. The van der Waals surface area contributed by atoms with Gasteiger partial charge in [-0.25, -0.2) is 17.8 Å². The molecule has 0 fully saturated rings. The van der Waals surface area contributed by atoms with Gasteiger partial charge in [-0.15, -0.1) is 0 Å². The van der Waals surface area contributed by atoms with Gasteiger partial charge in [0.1, 0.15) is 5.76 Å². The zero-order valence-corrected chi connectivity index (χ0v) is 19.8. The van der Waals surface area contributed by atoms with Crippen LogP contribution in [0.4, 0.5) is 0 Å². The van der Waals surface area contributed by atoms with Crippen molar-refractivity contribution in [1.29, 1.82) is 0 Å². The number of sulfonamides is 1. The van der Waals surface area contributed by atoms with Crippen LogP contribution < -0.4 is 10.0 Å². The predicted molar refractivity (Wildman–Crippen MR) is 128 cm³/mol. The molecular weight excluding hydrogens is 452 g/mol. The summed E-state index contributed by atoms with van der Waals surface area (Å²) in [5, 5.41) is 7.36. The Bertz CT molecular complexity index is 1360. The average molecular weight is 479 g/mol. The van der Waals surface area contributed by atoms with Gasteiger partial charge in [0.2, 0.25) is 10.0 Å². The number of rotatable bonds is 9. The molecule has 8 nitrogen and oxygen atoms in total. The van der Waals surface area contributed by atoms with E-state index in [1.807, 2.05) is 48.9 Å². The normalized spacial score (nSPS) is 11.5. The summed E-state index contributed by atoms with van der Waals surface area (Å²) in [5.41, 5.74) is 4.52. The van der Waals surface area contributed by atoms with Crippen LogP contribution in [0.15, 0.2) is 82.3 Å². The number of nitrogens with one attached hydrogen (secondary N) is 2. The Balaban J connectivity index is 1.29. The lowest BCUT2D eigenvalue weighted by molar-refractivity contribution is 0.0954. The molecule has 4 rings (SSSR count). The molecule has 9 heteroatoms. The van der Waals surface area contributed by atoms with E-state index in [-0.39, 0.29) is 17.3 Å². The molecule has 0 aliphatic carbocycles. The van der Waals surface area contributed by atoms with Crippen LogP contribution in [-0.2, 0) is 23.0 Å². The lowest BCUT2D eigenvalue weighted by atomic mass is 10.1. The molecule has 0 unspecified atom stereocenters. The van der Waals surface area contributed by atoms with Gasteiger partial charge >= 0.3 is 0 Å². The van der Waals surface area contributed by atoms with Crippen molar-refractivity contribution in [2.24, 2.45) is 0 Å². The minimum Gasteiger partial charge on any atom is -0.468 e. The standard InChI is InChI=1S/C25H26N4O4S/c1-18-16-19(2)29(28-18)22-9-5-20(6-10-22)13-14-26-25(30)21-7-11-24(12-8-21)34(31,32)27-17-23-4-3-15-33-23/h3-12,15-16,27H,13-14,17H2,1-2H3,(H,26,30). The van der Waals surface area contributed by atoms with E-state index in [1.165, 1.54) is 30.5 Å². The van der Waals surface area contributed by atoms with E-state index in [0.29, 0.717) is 24.3 Å². The average Bonchev–Trinajstić information content (AvgIpc) is 3.47. The van der Waals surface area contributed by atoms with Gasteiger partial charge in [0.05, 0.1) is 29.1 Å². The highest BCUT2D eigenvalue weighted by Gasteiger charge is 2.15. The van der Waals surface area contributed by atoms with Crippen molar-refractivity contribution in [3.8, 4) is 5.69 Å². The van der Waals surface area contributed by atoms with Gasteiger partial charge in [0, 0.05) is 17.8 Å². The molecule has 1 amide bonds. The molecule has 0 bridgehead atoms. The molecule has 2 aromatic heterocycles. The fourth-order valence-electron chi connectivity index (χ4n) is 3.56. The van der Waals surface area contributed by atoms with Gasteiger partial charge in [-0.2, -0.15) is 5.10 Å². The van der Waals surface area contributed by atoms with Crippen molar-refractivity contribution in [3.63, 3.8) is 0 Å². The van der Waals surface area contributed by atoms with E-state index in [9.17, 15) is 13.2 Å². The molecule has 2 heterocycles. The molecular formula is C25H26N4O4S. The Kier molecular flexibility index (Phi) is 6.95. The third-order valence-electron chi connectivity index (χ3n) is 5.33. The molecule has 176 valence electrons. The maximum Gasteiger partial charge on any atom is 0.251 e. The monoisotopic (exact) mass is 478 g/mol. The minimum absolute atomic E-state index is 0.0553. The number of benzene rings is 2. The molecule has 0 saturated carbocycles. The first kappa shape index (κ1) is 23.5. The summed E-state index contributed by atoms with van der Waals surface area (Å²) >= 11 is 0. The second-order valence-corrected chi connectivity index (χ2v) is 9.71. The lowest BCUT2D eigenvalue weighted by Gasteiger charge is -2.09. The Morgan fingerprint density at radius 1 is 1.03 bits per heavy atom. The van der Waals surface area contributed by atoms with Crippen LogP contribution in [0.3, 0.4) is 0 Å². The van der Waals surface area contributed by atoms with E-state index in [1.54, 1.807) is 12.1 Å². The summed E-state index contributed by atoms with van der Waals surface area (Å²) in [6.07, 6.45) is 2.15. The summed E-state index contributed by atoms with van der Waals surface area (Å²) in [7, 11) is -3.70. The number of aromatic nitrogens is 2. The SMILES string of the molecule is Cc1cc(C)n(-c2ccc(CCNC(=O)c3ccc(S(=O)(=O)NCc4ccco4)cc3)cc2)n1. The highest BCUT2D eigenvalue weighted by atomic mass is 32.2. The minimum atomic E-state index is -3.70. The number of amides is 1. The number of carbonyl (C=O) groups excluding carboxylic acids is 1. The molecule has 0 radical (unpaired) electrons. The summed E-state index contributed by atoms with van der Waals surface area (Å²) in [4.78, 5) is 12.5. The second-order valence-electron chi connectivity index (χ2n) is 7.94. The number of carbonyl (C=O) groups is 1. The van der Waals surface area contributed by atoms with Crippen LogP contribution in [0.25, 0.3) is 5.69 Å². The first-order valence-corrected chi connectivity index (χ1v) is 12.3. The fraction of sp³-hybridized carbons (Fsp3) is 0.200. The Labute approximate surface area is 198 Å². The van der Waals surface area contributed by atoms with E-state index in [0.717, 1.165) is 22.6 Å². The third-order valence-corrected chi connectivity index (χ3v) is 6.75. The molecule has 0 atom stereocenters.